The molecule has 0 amide bonds. The molecular weight excluding hydrogens is 166 g/mol. The van der Waals surface area contributed by atoms with Gasteiger partial charge in [-0.05, 0) is 26.9 Å². The molecule has 1 fully saturated rings. The third-order valence-corrected chi connectivity index (χ3v) is 2.78. The van der Waals surface area contributed by atoms with Gasteiger partial charge in [0.15, 0.2) is 0 Å². The minimum absolute atomic E-state index is 0.163. The van der Waals surface area contributed by atoms with Crippen LogP contribution in [-0.4, -0.2) is 37.6 Å². The molecule has 0 bridgehead atoms. The molecule has 3 heteroatoms. The number of hydrogen-bond donors (Lipinski definition) is 0. The fourth-order valence-electron chi connectivity index (χ4n) is 2.12. The molecular formula is C10H19NO2. The van der Waals surface area contributed by atoms with E-state index < -0.39 is 0 Å². The Morgan fingerprint density at radius 1 is 1.46 bits per heavy atom. The molecule has 2 unspecified atom stereocenters. The summed E-state index contributed by atoms with van der Waals surface area (Å²) in [5, 5.41) is 0. The van der Waals surface area contributed by atoms with E-state index in [9.17, 15) is 4.79 Å². The molecule has 13 heavy (non-hydrogen) atoms. The van der Waals surface area contributed by atoms with E-state index >= 15 is 0 Å². The van der Waals surface area contributed by atoms with E-state index in [0.717, 1.165) is 0 Å². The summed E-state index contributed by atoms with van der Waals surface area (Å²) in [6.07, 6.45) is 3.68. The van der Waals surface area contributed by atoms with E-state index in [4.69, 9.17) is 4.74 Å². The molecule has 1 aliphatic carbocycles. The van der Waals surface area contributed by atoms with Crippen molar-refractivity contribution >= 4 is 5.97 Å². The van der Waals surface area contributed by atoms with Crippen LogP contribution in [0, 0.1) is 5.92 Å². The minimum atomic E-state index is -0.163. The largest absolute Gasteiger partial charge is 0.466 e. The smallest absolute Gasteiger partial charge is 0.302 e. The van der Waals surface area contributed by atoms with Gasteiger partial charge in [-0.2, -0.15) is 0 Å². The number of nitrogens with zero attached hydrogens (tertiary/aromatic N) is 1. The summed E-state index contributed by atoms with van der Waals surface area (Å²) >= 11 is 0. The highest BCUT2D eigenvalue weighted by molar-refractivity contribution is 5.65. The van der Waals surface area contributed by atoms with Crippen molar-refractivity contribution in [3.05, 3.63) is 0 Å². The molecule has 1 saturated carbocycles. The Kier molecular flexibility index (Phi) is 3.72. The summed E-state index contributed by atoms with van der Waals surface area (Å²) < 4.78 is 5.04. The highest BCUT2D eigenvalue weighted by Gasteiger charge is 2.29. The quantitative estimate of drug-likeness (QED) is 0.620. The van der Waals surface area contributed by atoms with Gasteiger partial charge in [-0.25, -0.2) is 0 Å². The first-order chi connectivity index (χ1) is 6.11. The van der Waals surface area contributed by atoms with Crippen molar-refractivity contribution in [1.82, 2.24) is 4.90 Å². The highest BCUT2D eigenvalue weighted by atomic mass is 16.5. The second kappa shape index (κ2) is 4.61. The van der Waals surface area contributed by atoms with Crippen molar-refractivity contribution in [3.63, 3.8) is 0 Å². The second-order valence-corrected chi connectivity index (χ2v) is 4.02. The van der Waals surface area contributed by atoms with Crippen molar-refractivity contribution in [2.75, 3.05) is 20.7 Å². The number of carbonyl (C=O) groups excluding carboxylic acids is 1. The summed E-state index contributed by atoms with van der Waals surface area (Å²) in [4.78, 5) is 12.9. The van der Waals surface area contributed by atoms with Crippen molar-refractivity contribution in [1.29, 1.82) is 0 Å². The molecule has 3 nitrogen and oxygen atoms in total. The van der Waals surface area contributed by atoms with Crippen LogP contribution in [0.1, 0.15) is 26.2 Å². The van der Waals surface area contributed by atoms with Crippen LogP contribution in [0.5, 0.6) is 0 Å². The maximum absolute atomic E-state index is 10.6. The fraction of sp³-hybridized carbons (Fsp3) is 0.900. The van der Waals surface area contributed by atoms with Gasteiger partial charge in [-0.3, -0.25) is 4.79 Å². The maximum Gasteiger partial charge on any atom is 0.302 e. The third kappa shape index (κ3) is 2.99. The van der Waals surface area contributed by atoms with Crippen LogP contribution in [0.15, 0.2) is 0 Å². The first kappa shape index (κ1) is 10.5. The van der Waals surface area contributed by atoms with E-state index in [1.807, 2.05) is 0 Å². The predicted molar refractivity (Wildman–Crippen MR) is 51.4 cm³/mol. The average molecular weight is 185 g/mol. The first-order valence-electron chi connectivity index (χ1n) is 4.91. The summed E-state index contributed by atoms with van der Waals surface area (Å²) in [7, 11) is 4.19. The van der Waals surface area contributed by atoms with E-state index in [2.05, 4.69) is 19.0 Å². The van der Waals surface area contributed by atoms with Crippen molar-refractivity contribution < 1.29 is 9.53 Å². The molecule has 2 atom stereocenters. The van der Waals surface area contributed by atoms with Gasteiger partial charge in [-0.15, -0.1) is 0 Å². The number of carbonyl (C=O) groups is 1. The van der Waals surface area contributed by atoms with Gasteiger partial charge in [0.25, 0.3) is 0 Å². The third-order valence-electron chi connectivity index (χ3n) is 2.78. The normalized spacial score (nSPS) is 28.0. The first-order valence-corrected chi connectivity index (χ1v) is 4.91. The lowest BCUT2D eigenvalue weighted by Crippen LogP contribution is -2.33. The van der Waals surface area contributed by atoms with Crippen LogP contribution >= 0.6 is 0 Å². The summed E-state index contributed by atoms with van der Waals surface area (Å²) in [5.41, 5.74) is 0. The van der Waals surface area contributed by atoms with Crippen LogP contribution in [0.4, 0.5) is 0 Å². The number of esters is 1. The molecule has 0 aliphatic heterocycles. The molecule has 0 aromatic carbocycles. The zero-order valence-electron chi connectivity index (χ0n) is 8.75. The molecule has 76 valence electrons. The fourth-order valence-corrected chi connectivity index (χ4v) is 2.12. The Hall–Kier alpha value is -0.570. The Labute approximate surface area is 80.1 Å². The number of ether oxygens (including phenoxy) is 1. The van der Waals surface area contributed by atoms with Crippen LogP contribution in [0.3, 0.4) is 0 Å². The van der Waals surface area contributed by atoms with E-state index in [0.29, 0.717) is 18.6 Å². The Balaban J connectivity index is 2.35. The second-order valence-electron chi connectivity index (χ2n) is 4.02. The van der Waals surface area contributed by atoms with Gasteiger partial charge in [0.2, 0.25) is 0 Å². The van der Waals surface area contributed by atoms with Crippen LogP contribution in [0.2, 0.25) is 0 Å². The van der Waals surface area contributed by atoms with Crippen molar-refractivity contribution in [3.8, 4) is 0 Å². The summed E-state index contributed by atoms with van der Waals surface area (Å²) in [6.45, 7) is 2.07. The molecule has 0 heterocycles. The van der Waals surface area contributed by atoms with Gasteiger partial charge in [0, 0.05) is 18.9 Å². The molecule has 0 aromatic rings. The lowest BCUT2D eigenvalue weighted by atomic mass is 10.0. The molecule has 1 rings (SSSR count). The number of hydrogen-bond acceptors (Lipinski definition) is 3. The predicted octanol–water partition coefficient (Wildman–Crippen LogP) is 1.28. The zero-order chi connectivity index (χ0) is 9.84. The van der Waals surface area contributed by atoms with Gasteiger partial charge >= 0.3 is 5.97 Å². The lowest BCUT2D eigenvalue weighted by molar-refractivity contribution is -0.142. The Morgan fingerprint density at radius 2 is 2.15 bits per heavy atom. The van der Waals surface area contributed by atoms with E-state index in [1.165, 1.54) is 26.2 Å². The topological polar surface area (TPSA) is 29.5 Å². The molecule has 0 N–H and O–H groups in total. The molecule has 1 aliphatic rings. The number of rotatable bonds is 3. The van der Waals surface area contributed by atoms with Gasteiger partial charge in [-0.1, -0.05) is 6.42 Å². The van der Waals surface area contributed by atoms with E-state index in [-0.39, 0.29) is 5.97 Å². The average Bonchev–Trinajstić information content (AvgIpc) is 2.47. The monoisotopic (exact) mass is 185 g/mol. The Bertz CT molecular complexity index is 180. The standard InChI is InChI=1S/C10H19NO2/c1-8(12)13-7-9-5-4-6-10(9)11(2)3/h9-10H,4-7H2,1-3H3. The Morgan fingerprint density at radius 3 is 2.69 bits per heavy atom. The van der Waals surface area contributed by atoms with Gasteiger partial charge in [0.1, 0.15) is 0 Å². The van der Waals surface area contributed by atoms with Gasteiger partial charge in [0.05, 0.1) is 6.61 Å². The van der Waals surface area contributed by atoms with Crippen molar-refractivity contribution in [2.45, 2.75) is 32.2 Å². The zero-order valence-corrected chi connectivity index (χ0v) is 8.75. The minimum Gasteiger partial charge on any atom is -0.466 e. The van der Waals surface area contributed by atoms with Crippen molar-refractivity contribution in [2.24, 2.45) is 5.92 Å². The van der Waals surface area contributed by atoms with Crippen LogP contribution in [0.25, 0.3) is 0 Å². The van der Waals surface area contributed by atoms with Crippen LogP contribution in [-0.2, 0) is 9.53 Å². The molecule has 0 spiro atoms. The van der Waals surface area contributed by atoms with Gasteiger partial charge < -0.3 is 9.64 Å². The summed E-state index contributed by atoms with van der Waals surface area (Å²) in [6, 6.07) is 0.597. The summed E-state index contributed by atoms with van der Waals surface area (Å²) in [5.74, 6) is 0.378. The lowest BCUT2D eigenvalue weighted by Gasteiger charge is -2.25. The highest BCUT2D eigenvalue weighted by Crippen LogP contribution is 2.28. The van der Waals surface area contributed by atoms with Crippen LogP contribution < -0.4 is 0 Å². The van der Waals surface area contributed by atoms with E-state index in [1.54, 1.807) is 0 Å². The molecule has 0 aromatic heterocycles. The SMILES string of the molecule is CC(=O)OCC1CCCC1N(C)C. The molecule has 0 radical (unpaired) electrons. The molecule has 0 saturated heterocycles. The maximum atomic E-state index is 10.6.